The molecule has 0 spiro atoms. The molecule has 150 valence electrons. The number of carbonyl (C=O) groups excluding carboxylic acids is 2. The molecule has 2 aromatic rings. The number of hydrogen-bond donors (Lipinski definition) is 1. The first kappa shape index (κ1) is 20.4. The number of thiophene rings is 1. The standard InChI is InChI=1S/C22H28N2O3S/c1-16(19-5-4-14-28-19)24(2)21(26)11-13-22(12-10-20(25)23-22)15-17-6-8-18(27-3)9-7-17/h4-9,14,16H,10-13,15H2,1-3H3,(H,23,25)/t16-,22+/m0/s1. The van der Waals surface area contributed by atoms with Gasteiger partial charge in [-0.15, -0.1) is 11.3 Å². The van der Waals surface area contributed by atoms with Gasteiger partial charge in [-0.05, 0) is 55.3 Å². The molecule has 0 saturated carbocycles. The number of benzene rings is 1. The van der Waals surface area contributed by atoms with Gasteiger partial charge in [-0.25, -0.2) is 0 Å². The predicted molar refractivity (Wildman–Crippen MR) is 112 cm³/mol. The van der Waals surface area contributed by atoms with Crippen molar-refractivity contribution in [2.75, 3.05) is 14.2 Å². The summed E-state index contributed by atoms with van der Waals surface area (Å²) in [5.41, 5.74) is 0.782. The van der Waals surface area contributed by atoms with Gasteiger partial charge >= 0.3 is 0 Å². The number of hydrogen-bond acceptors (Lipinski definition) is 4. The smallest absolute Gasteiger partial charge is 0.222 e. The SMILES string of the molecule is COc1ccc(C[C@]2(CCC(=O)N(C)[C@@H](C)c3cccs3)CCC(=O)N2)cc1. The molecule has 28 heavy (non-hydrogen) atoms. The van der Waals surface area contributed by atoms with Crippen molar-refractivity contribution in [3.8, 4) is 5.75 Å². The van der Waals surface area contributed by atoms with E-state index >= 15 is 0 Å². The van der Waals surface area contributed by atoms with E-state index in [4.69, 9.17) is 4.74 Å². The molecule has 1 aromatic heterocycles. The van der Waals surface area contributed by atoms with E-state index in [9.17, 15) is 9.59 Å². The van der Waals surface area contributed by atoms with Gasteiger partial charge < -0.3 is 15.0 Å². The Hall–Kier alpha value is -2.34. The molecule has 1 N–H and O–H groups in total. The van der Waals surface area contributed by atoms with Gasteiger partial charge in [0.2, 0.25) is 11.8 Å². The van der Waals surface area contributed by atoms with Crippen LogP contribution in [0.5, 0.6) is 5.75 Å². The van der Waals surface area contributed by atoms with Gasteiger partial charge in [0.05, 0.1) is 13.2 Å². The van der Waals surface area contributed by atoms with Gasteiger partial charge in [-0.3, -0.25) is 9.59 Å². The molecule has 0 aliphatic carbocycles. The van der Waals surface area contributed by atoms with Crippen molar-refractivity contribution < 1.29 is 14.3 Å². The molecule has 2 atom stereocenters. The van der Waals surface area contributed by atoms with E-state index in [-0.39, 0.29) is 23.4 Å². The third kappa shape index (κ3) is 4.73. The second-order valence-corrected chi connectivity index (χ2v) is 8.53. The van der Waals surface area contributed by atoms with E-state index in [1.165, 1.54) is 4.88 Å². The Bertz CT molecular complexity index is 804. The van der Waals surface area contributed by atoms with Crippen LogP contribution in [0.1, 0.15) is 49.1 Å². The fraction of sp³-hybridized carbons (Fsp3) is 0.455. The lowest BCUT2D eigenvalue weighted by molar-refractivity contribution is -0.132. The third-order valence-corrected chi connectivity index (χ3v) is 6.73. The summed E-state index contributed by atoms with van der Waals surface area (Å²) in [4.78, 5) is 27.8. The van der Waals surface area contributed by atoms with Crippen molar-refractivity contribution in [1.29, 1.82) is 0 Å². The van der Waals surface area contributed by atoms with Crippen molar-refractivity contribution in [3.05, 3.63) is 52.2 Å². The first-order valence-electron chi connectivity index (χ1n) is 9.65. The lowest BCUT2D eigenvalue weighted by Crippen LogP contribution is -2.44. The molecule has 3 rings (SSSR count). The predicted octanol–water partition coefficient (Wildman–Crippen LogP) is 3.95. The maximum absolute atomic E-state index is 12.8. The van der Waals surface area contributed by atoms with E-state index < -0.39 is 0 Å². The van der Waals surface area contributed by atoms with Crippen LogP contribution in [0, 0.1) is 0 Å². The maximum Gasteiger partial charge on any atom is 0.222 e. The number of nitrogens with one attached hydrogen (secondary N) is 1. The number of methoxy groups -OCH3 is 1. The zero-order valence-corrected chi connectivity index (χ0v) is 17.6. The summed E-state index contributed by atoms with van der Waals surface area (Å²) in [5.74, 6) is 0.991. The van der Waals surface area contributed by atoms with E-state index in [1.54, 1.807) is 18.4 Å². The van der Waals surface area contributed by atoms with Crippen molar-refractivity contribution in [2.45, 2.75) is 50.6 Å². The molecule has 0 unspecified atom stereocenters. The first-order valence-corrected chi connectivity index (χ1v) is 10.5. The molecule has 0 bridgehead atoms. The highest BCUT2D eigenvalue weighted by atomic mass is 32.1. The van der Waals surface area contributed by atoms with Crippen molar-refractivity contribution in [2.24, 2.45) is 0 Å². The van der Waals surface area contributed by atoms with Crippen LogP contribution < -0.4 is 10.1 Å². The van der Waals surface area contributed by atoms with Crippen LogP contribution in [0.4, 0.5) is 0 Å². The topological polar surface area (TPSA) is 58.6 Å². The van der Waals surface area contributed by atoms with Crippen LogP contribution in [-0.4, -0.2) is 36.4 Å². The molecular weight excluding hydrogens is 372 g/mol. The van der Waals surface area contributed by atoms with Crippen molar-refractivity contribution >= 4 is 23.2 Å². The molecule has 0 radical (unpaired) electrons. The summed E-state index contributed by atoms with van der Waals surface area (Å²) in [6.07, 6.45) is 3.06. The average molecular weight is 401 g/mol. The largest absolute Gasteiger partial charge is 0.497 e. The van der Waals surface area contributed by atoms with Gasteiger partial charge in [-0.1, -0.05) is 18.2 Å². The van der Waals surface area contributed by atoms with Gasteiger partial charge in [0.25, 0.3) is 0 Å². The van der Waals surface area contributed by atoms with Gasteiger partial charge in [-0.2, -0.15) is 0 Å². The van der Waals surface area contributed by atoms with Gasteiger partial charge in [0.15, 0.2) is 0 Å². The fourth-order valence-corrected chi connectivity index (χ4v) is 4.60. The average Bonchev–Trinajstić information content (AvgIpc) is 3.36. The number of rotatable bonds is 8. The Labute approximate surface area is 170 Å². The van der Waals surface area contributed by atoms with E-state index in [2.05, 4.69) is 11.4 Å². The Morgan fingerprint density at radius 1 is 1.32 bits per heavy atom. The molecule has 1 aliphatic rings. The summed E-state index contributed by atoms with van der Waals surface area (Å²) in [5, 5.41) is 5.19. The Kier molecular flexibility index (Phi) is 6.39. The molecular formula is C22H28N2O3S. The van der Waals surface area contributed by atoms with Gasteiger partial charge in [0.1, 0.15) is 5.75 Å². The van der Waals surface area contributed by atoms with E-state index in [0.717, 1.165) is 24.2 Å². The van der Waals surface area contributed by atoms with Gasteiger partial charge in [0, 0.05) is 30.3 Å². The second kappa shape index (κ2) is 8.78. The Balaban J connectivity index is 1.65. The maximum atomic E-state index is 12.8. The summed E-state index contributed by atoms with van der Waals surface area (Å²) in [6, 6.07) is 12.0. The zero-order valence-electron chi connectivity index (χ0n) is 16.7. The van der Waals surface area contributed by atoms with Crippen LogP contribution >= 0.6 is 11.3 Å². The second-order valence-electron chi connectivity index (χ2n) is 7.55. The highest BCUT2D eigenvalue weighted by Crippen LogP contribution is 2.31. The number of ether oxygens (including phenoxy) is 1. The number of amides is 2. The first-order chi connectivity index (χ1) is 13.4. The fourth-order valence-electron chi connectivity index (χ4n) is 3.77. The summed E-state index contributed by atoms with van der Waals surface area (Å²) in [7, 11) is 3.50. The molecule has 1 aliphatic heterocycles. The van der Waals surface area contributed by atoms with Crippen LogP contribution in [0.3, 0.4) is 0 Å². The highest BCUT2D eigenvalue weighted by Gasteiger charge is 2.38. The normalized spacial score (nSPS) is 19.9. The Morgan fingerprint density at radius 2 is 2.07 bits per heavy atom. The molecule has 2 amide bonds. The molecule has 1 saturated heterocycles. The quantitative estimate of drug-likeness (QED) is 0.730. The minimum Gasteiger partial charge on any atom is -0.497 e. The molecule has 2 heterocycles. The molecule has 1 aromatic carbocycles. The number of nitrogens with zero attached hydrogens (tertiary/aromatic N) is 1. The summed E-state index contributed by atoms with van der Waals surface area (Å²) < 4.78 is 5.22. The minimum atomic E-state index is -0.353. The molecule has 5 nitrogen and oxygen atoms in total. The lowest BCUT2D eigenvalue weighted by atomic mass is 9.85. The van der Waals surface area contributed by atoms with Crippen LogP contribution in [0.2, 0.25) is 0 Å². The highest BCUT2D eigenvalue weighted by molar-refractivity contribution is 7.10. The third-order valence-electron chi connectivity index (χ3n) is 5.68. The Morgan fingerprint density at radius 3 is 2.64 bits per heavy atom. The van der Waals surface area contributed by atoms with E-state index in [1.807, 2.05) is 54.6 Å². The van der Waals surface area contributed by atoms with Crippen LogP contribution in [0.15, 0.2) is 41.8 Å². The van der Waals surface area contributed by atoms with Crippen molar-refractivity contribution in [3.63, 3.8) is 0 Å². The minimum absolute atomic E-state index is 0.0585. The molecule has 6 heteroatoms. The van der Waals surface area contributed by atoms with Crippen LogP contribution in [-0.2, 0) is 16.0 Å². The molecule has 1 fully saturated rings. The van der Waals surface area contributed by atoms with Crippen molar-refractivity contribution in [1.82, 2.24) is 10.2 Å². The zero-order chi connectivity index (χ0) is 20.1. The summed E-state index contributed by atoms with van der Waals surface area (Å²) >= 11 is 1.66. The lowest BCUT2D eigenvalue weighted by Gasteiger charge is -2.31. The monoisotopic (exact) mass is 400 g/mol. The number of carbonyl (C=O) groups is 2. The van der Waals surface area contributed by atoms with E-state index in [0.29, 0.717) is 19.3 Å². The summed E-state index contributed by atoms with van der Waals surface area (Å²) in [6.45, 7) is 2.05. The van der Waals surface area contributed by atoms with Crippen LogP contribution in [0.25, 0.3) is 0 Å².